The Kier molecular flexibility index (Phi) is 5.89. The molecule has 0 radical (unpaired) electrons. The van der Waals surface area contributed by atoms with Crippen molar-refractivity contribution in [3.8, 4) is 0 Å². The third kappa shape index (κ3) is 5.09. The van der Waals surface area contributed by atoms with Crippen molar-refractivity contribution in [2.45, 2.75) is 36.9 Å². The molecule has 0 spiro atoms. The number of carbonyl (C=O) groups excluding carboxylic acids is 1. The van der Waals surface area contributed by atoms with Gasteiger partial charge in [0.25, 0.3) is 5.56 Å². The molecule has 9 heteroatoms. The number of halogens is 3. The van der Waals surface area contributed by atoms with Crippen LogP contribution in [0.5, 0.6) is 0 Å². The van der Waals surface area contributed by atoms with Crippen LogP contribution in [-0.2, 0) is 11.0 Å². The van der Waals surface area contributed by atoms with E-state index in [2.05, 4.69) is 15.3 Å². The normalized spacial score (nSPS) is 12.7. The van der Waals surface area contributed by atoms with Crippen LogP contribution < -0.4 is 10.9 Å². The second-order valence-corrected chi connectivity index (χ2v) is 6.43. The molecule has 0 bridgehead atoms. The number of benzene rings is 1. The summed E-state index contributed by atoms with van der Waals surface area (Å²) < 4.78 is 39.0. The number of alkyl halides is 3. The largest absolute Gasteiger partial charge is 0.418 e. The van der Waals surface area contributed by atoms with Crippen molar-refractivity contribution in [3.05, 3.63) is 51.9 Å². The Bertz CT molecular complexity index is 821. The van der Waals surface area contributed by atoms with E-state index in [1.165, 1.54) is 24.3 Å². The minimum Gasteiger partial charge on any atom is -0.325 e. The van der Waals surface area contributed by atoms with Gasteiger partial charge in [-0.1, -0.05) is 30.8 Å². The highest BCUT2D eigenvalue weighted by Crippen LogP contribution is 2.35. The maximum absolute atomic E-state index is 13.0. The summed E-state index contributed by atoms with van der Waals surface area (Å²) in [5.41, 5.74) is -1.08. The minimum absolute atomic E-state index is 0.246. The standard InChI is InChI=1S/C16H16F3N3O2S/c1-3-12(25-15-20-9(2)8-13(23)22-15)14(24)21-11-7-5-4-6-10(11)16(17,18)19/h4-8,12H,3H2,1-2H3,(H,21,24)(H,20,22,23). The van der Waals surface area contributed by atoms with Crippen LogP contribution in [0.1, 0.15) is 24.6 Å². The van der Waals surface area contributed by atoms with Crippen molar-refractivity contribution in [3.63, 3.8) is 0 Å². The first kappa shape index (κ1) is 19.0. The fourth-order valence-corrected chi connectivity index (χ4v) is 3.08. The lowest BCUT2D eigenvalue weighted by Crippen LogP contribution is -2.26. The zero-order valence-electron chi connectivity index (χ0n) is 13.5. The van der Waals surface area contributed by atoms with Gasteiger partial charge in [-0.05, 0) is 25.5 Å². The first-order valence-corrected chi connectivity index (χ1v) is 8.30. The molecule has 0 saturated heterocycles. The van der Waals surface area contributed by atoms with Crippen LogP contribution in [0.4, 0.5) is 18.9 Å². The summed E-state index contributed by atoms with van der Waals surface area (Å²) in [5.74, 6) is -0.589. The Hall–Kier alpha value is -2.29. The predicted octanol–water partition coefficient (Wildman–Crippen LogP) is 3.61. The van der Waals surface area contributed by atoms with Crippen molar-refractivity contribution in [2.24, 2.45) is 0 Å². The monoisotopic (exact) mass is 371 g/mol. The lowest BCUT2D eigenvalue weighted by molar-refractivity contribution is -0.137. The van der Waals surface area contributed by atoms with Gasteiger partial charge in [-0.15, -0.1) is 0 Å². The highest BCUT2D eigenvalue weighted by Gasteiger charge is 2.34. The molecule has 2 aromatic rings. The maximum Gasteiger partial charge on any atom is 0.418 e. The first-order chi connectivity index (χ1) is 11.7. The number of aromatic nitrogens is 2. The summed E-state index contributed by atoms with van der Waals surface area (Å²) in [4.78, 5) is 30.5. The van der Waals surface area contributed by atoms with Crippen LogP contribution in [0.3, 0.4) is 0 Å². The van der Waals surface area contributed by atoms with Gasteiger partial charge in [0, 0.05) is 11.8 Å². The van der Waals surface area contributed by atoms with Gasteiger partial charge >= 0.3 is 6.18 Å². The number of hydrogen-bond acceptors (Lipinski definition) is 4. The molecule has 1 aromatic heterocycles. The van der Waals surface area contributed by atoms with Gasteiger partial charge < -0.3 is 10.3 Å². The summed E-state index contributed by atoms with van der Waals surface area (Å²) in [5, 5.41) is 1.86. The van der Waals surface area contributed by atoms with Gasteiger partial charge in [0.2, 0.25) is 5.91 Å². The number of amides is 1. The first-order valence-electron chi connectivity index (χ1n) is 7.42. The number of hydrogen-bond donors (Lipinski definition) is 2. The van der Waals surface area contributed by atoms with Gasteiger partial charge in [-0.2, -0.15) is 13.2 Å². The van der Waals surface area contributed by atoms with Crippen molar-refractivity contribution in [1.29, 1.82) is 0 Å². The third-order valence-corrected chi connectivity index (χ3v) is 4.50. The van der Waals surface area contributed by atoms with Crippen LogP contribution in [0.15, 0.2) is 40.3 Å². The number of nitrogens with one attached hydrogen (secondary N) is 2. The van der Waals surface area contributed by atoms with Gasteiger partial charge in [-0.3, -0.25) is 9.59 Å². The van der Waals surface area contributed by atoms with E-state index >= 15 is 0 Å². The lowest BCUT2D eigenvalue weighted by Gasteiger charge is -2.17. The zero-order chi connectivity index (χ0) is 18.6. The lowest BCUT2D eigenvalue weighted by atomic mass is 10.1. The highest BCUT2D eigenvalue weighted by atomic mass is 32.2. The number of rotatable bonds is 5. The quantitative estimate of drug-likeness (QED) is 0.622. The van der Waals surface area contributed by atoms with E-state index in [9.17, 15) is 22.8 Å². The average Bonchev–Trinajstić information content (AvgIpc) is 2.51. The number of para-hydroxylation sites is 1. The number of H-pyrrole nitrogens is 1. The number of aryl methyl sites for hydroxylation is 1. The number of thioether (sulfide) groups is 1. The minimum atomic E-state index is -4.57. The van der Waals surface area contributed by atoms with Crippen LogP contribution in [0.25, 0.3) is 0 Å². The molecular weight excluding hydrogens is 355 g/mol. The SMILES string of the molecule is CCC(Sc1nc(C)cc(=O)[nH]1)C(=O)Nc1ccccc1C(F)(F)F. The molecule has 0 aliphatic carbocycles. The van der Waals surface area contributed by atoms with Crippen molar-refractivity contribution in [1.82, 2.24) is 9.97 Å². The Morgan fingerprint density at radius 2 is 2.04 bits per heavy atom. The molecule has 134 valence electrons. The molecule has 1 unspecified atom stereocenters. The summed E-state index contributed by atoms with van der Waals surface area (Å²) in [7, 11) is 0. The van der Waals surface area contributed by atoms with Crippen molar-refractivity contribution >= 4 is 23.4 Å². The van der Waals surface area contributed by atoms with Gasteiger partial charge in [0.15, 0.2) is 5.16 Å². The molecule has 0 saturated carbocycles. The second kappa shape index (κ2) is 7.73. The summed E-state index contributed by atoms with van der Waals surface area (Å²) in [6.07, 6.45) is -4.22. The molecule has 1 heterocycles. The van der Waals surface area contributed by atoms with E-state index in [-0.39, 0.29) is 16.4 Å². The van der Waals surface area contributed by atoms with E-state index in [1.807, 2.05) is 0 Å². The number of nitrogens with zero attached hydrogens (tertiary/aromatic N) is 1. The van der Waals surface area contributed by atoms with Gasteiger partial charge in [-0.25, -0.2) is 4.98 Å². The molecule has 1 aromatic carbocycles. The summed E-state index contributed by atoms with van der Waals surface area (Å²) in [6, 6.07) is 6.09. The Morgan fingerprint density at radius 3 is 2.64 bits per heavy atom. The van der Waals surface area contributed by atoms with E-state index in [0.717, 1.165) is 17.8 Å². The molecule has 1 amide bonds. The molecule has 0 aliphatic rings. The fraction of sp³-hybridized carbons (Fsp3) is 0.312. The van der Waals surface area contributed by atoms with Crippen molar-refractivity contribution in [2.75, 3.05) is 5.32 Å². The van der Waals surface area contributed by atoms with Crippen LogP contribution in [-0.4, -0.2) is 21.1 Å². The Labute approximate surface area is 146 Å². The van der Waals surface area contributed by atoms with E-state index < -0.39 is 22.9 Å². The molecule has 1 atom stereocenters. The Morgan fingerprint density at radius 1 is 1.36 bits per heavy atom. The van der Waals surface area contributed by atoms with Gasteiger partial charge in [0.1, 0.15) is 0 Å². The molecule has 2 rings (SSSR count). The topological polar surface area (TPSA) is 74.8 Å². The molecule has 25 heavy (non-hydrogen) atoms. The Balaban J connectivity index is 2.20. The molecule has 0 aliphatic heterocycles. The molecular formula is C16H16F3N3O2S. The zero-order valence-corrected chi connectivity index (χ0v) is 14.3. The number of anilines is 1. The van der Waals surface area contributed by atoms with E-state index in [0.29, 0.717) is 12.1 Å². The molecule has 5 nitrogen and oxygen atoms in total. The van der Waals surface area contributed by atoms with Gasteiger partial charge in [0.05, 0.1) is 16.5 Å². The fourth-order valence-electron chi connectivity index (χ4n) is 2.12. The number of aromatic amines is 1. The highest BCUT2D eigenvalue weighted by molar-refractivity contribution is 8.00. The van der Waals surface area contributed by atoms with E-state index in [4.69, 9.17) is 0 Å². The van der Waals surface area contributed by atoms with Crippen LogP contribution >= 0.6 is 11.8 Å². The van der Waals surface area contributed by atoms with Crippen molar-refractivity contribution < 1.29 is 18.0 Å². The number of carbonyl (C=O) groups is 1. The summed E-state index contributed by atoms with van der Waals surface area (Å²) in [6.45, 7) is 3.36. The third-order valence-electron chi connectivity index (χ3n) is 3.26. The smallest absolute Gasteiger partial charge is 0.325 e. The van der Waals surface area contributed by atoms with Crippen LogP contribution in [0.2, 0.25) is 0 Å². The summed E-state index contributed by atoms with van der Waals surface area (Å²) >= 11 is 0.998. The molecule has 0 fully saturated rings. The second-order valence-electron chi connectivity index (χ2n) is 5.24. The molecule has 2 N–H and O–H groups in total. The van der Waals surface area contributed by atoms with Crippen LogP contribution in [0, 0.1) is 6.92 Å². The maximum atomic E-state index is 13.0. The predicted molar refractivity (Wildman–Crippen MR) is 89.6 cm³/mol. The van der Waals surface area contributed by atoms with E-state index in [1.54, 1.807) is 13.8 Å². The average molecular weight is 371 g/mol.